The van der Waals surface area contributed by atoms with E-state index in [-0.39, 0.29) is 0 Å². The van der Waals surface area contributed by atoms with Crippen LogP contribution < -0.4 is 11.1 Å². The van der Waals surface area contributed by atoms with E-state index in [4.69, 9.17) is 5.73 Å². The second-order valence-corrected chi connectivity index (χ2v) is 3.64. The molecule has 0 radical (unpaired) electrons. The predicted octanol–water partition coefficient (Wildman–Crippen LogP) is 0.745. The lowest BCUT2D eigenvalue weighted by Gasteiger charge is -2.13. The molecule has 0 spiro atoms. The Balaban J connectivity index is 2.71. The van der Waals surface area contributed by atoms with E-state index < -0.39 is 35.8 Å². The van der Waals surface area contributed by atoms with Crippen molar-refractivity contribution in [3.05, 3.63) is 5.82 Å². The van der Waals surface area contributed by atoms with Crippen molar-refractivity contribution in [2.24, 2.45) is 11.7 Å². The minimum absolute atomic E-state index is 0.420. The van der Waals surface area contributed by atoms with Gasteiger partial charge in [0.15, 0.2) is 0 Å². The number of carbonyl (C=O) groups is 1. The van der Waals surface area contributed by atoms with Gasteiger partial charge in [0.1, 0.15) is 0 Å². The van der Waals surface area contributed by atoms with Crippen molar-refractivity contribution < 1.29 is 18.0 Å². The van der Waals surface area contributed by atoms with Gasteiger partial charge in [-0.2, -0.15) is 18.2 Å². The number of H-pyrrole nitrogens is 1. The number of rotatable bonds is 3. The topological polar surface area (TPSA) is 96.7 Å². The van der Waals surface area contributed by atoms with Crippen LogP contribution in [0.4, 0.5) is 19.1 Å². The first-order valence-electron chi connectivity index (χ1n) is 4.78. The van der Waals surface area contributed by atoms with Gasteiger partial charge >= 0.3 is 6.18 Å². The number of aromatic nitrogens is 3. The summed E-state index contributed by atoms with van der Waals surface area (Å²) >= 11 is 0. The first-order chi connectivity index (χ1) is 7.71. The smallest absolute Gasteiger partial charge is 0.327 e. The molecule has 1 amide bonds. The van der Waals surface area contributed by atoms with Crippen molar-refractivity contribution in [1.82, 2.24) is 15.2 Å². The van der Waals surface area contributed by atoms with Crippen LogP contribution in [-0.4, -0.2) is 27.1 Å². The van der Waals surface area contributed by atoms with Gasteiger partial charge in [0.2, 0.25) is 17.7 Å². The normalized spacial score (nSPS) is 15.4. The summed E-state index contributed by atoms with van der Waals surface area (Å²) < 4.78 is 36.5. The van der Waals surface area contributed by atoms with E-state index in [9.17, 15) is 18.0 Å². The summed E-state index contributed by atoms with van der Waals surface area (Å²) in [5.74, 6) is -2.77. The lowest BCUT2D eigenvalue weighted by Crippen LogP contribution is -2.34. The molecular formula is C8H12F3N5O. The molecule has 1 rings (SSSR count). The van der Waals surface area contributed by atoms with Gasteiger partial charge < -0.3 is 5.73 Å². The maximum Gasteiger partial charge on any atom is 0.451 e. The van der Waals surface area contributed by atoms with Crippen molar-refractivity contribution >= 4 is 11.9 Å². The van der Waals surface area contributed by atoms with E-state index >= 15 is 0 Å². The average Bonchev–Trinajstić information content (AvgIpc) is 2.64. The van der Waals surface area contributed by atoms with Crippen molar-refractivity contribution in [2.75, 3.05) is 5.32 Å². The Labute approximate surface area is 94.8 Å². The third kappa shape index (κ3) is 3.41. The fourth-order valence-electron chi connectivity index (χ4n) is 0.907. The van der Waals surface area contributed by atoms with Crippen LogP contribution in [0.2, 0.25) is 0 Å². The quantitative estimate of drug-likeness (QED) is 0.738. The highest BCUT2D eigenvalue weighted by molar-refractivity contribution is 5.91. The molecule has 17 heavy (non-hydrogen) atoms. The molecule has 1 heterocycles. The molecule has 0 bridgehead atoms. The van der Waals surface area contributed by atoms with E-state index in [1.165, 1.54) is 0 Å². The average molecular weight is 251 g/mol. The second-order valence-electron chi connectivity index (χ2n) is 3.64. The zero-order chi connectivity index (χ0) is 13.2. The molecule has 0 aliphatic carbocycles. The first-order valence-corrected chi connectivity index (χ1v) is 4.78. The first kappa shape index (κ1) is 13.4. The van der Waals surface area contributed by atoms with Gasteiger partial charge in [0.05, 0.1) is 5.92 Å². The summed E-state index contributed by atoms with van der Waals surface area (Å²) in [6.07, 6.45) is -4.62. The maximum absolute atomic E-state index is 12.2. The molecule has 2 atom stereocenters. The Hall–Kier alpha value is -1.64. The second kappa shape index (κ2) is 4.70. The number of carbonyl (C=O) groups excluding carboxylic acids is 1. The highest BCUT2D eigenvalue weighted by Gasteiger charge is 2.35. The molecule has 0 fully saturated rings. The van der Waals surface area contributed by atoms with E-state index in [1.54, 1.807) is 18.9 Å². The maximum atomic E-state index is 12.2. The Kier molecular flexibility index (Phi) is 3.71. The van der Waals surface area contributed by atoms with E-state index in [0.29, 0.717) is 0 Å². The van der Waals surface area contributed by atoms with E-state index in [0.717, 1.165) is 0 Å². The number of alkyl halides is 3. The van der Waals surface area contributed by atoms with Crippen LogP contribution in [-0.2, 0) is 11.0 Å². The Morgan fingerprint density at radius 3 is 2.47 bits per heavy atom. The summed E-state index contributed by atoms with van der Waals surface area (Å²) in [6, 6.07) is -0.420. The molecule has 0 saturated heterocycles. The molecule has 6 nitrogen and oxygen atoms in total. The van der Waals surface area contributed by atoms with Crippen LogP contribution in [0, 0.1) is 5.92 Å². The number of amides is 1. The van der Waals surface area contributed by atoms with Crippen LogP contribution in [0.25, 0.3) is 0 Å². The minimum Gasteiger partial charge on any atom is -0.327 e. The van der Waals surface area contributed by atoms with Gasteiger partial charge in [-0.3, -0.25) is 15.2 Å². The zero-order valence-corrected chi connectivity index (χ0v) is 9.17. The Bertz CT molecular complexity index is 400. The number of halogens is 3. The number of nitrogens with one attached hydrogen (secondary N) is 2. The molecular weight excluding hydrogens is 239 g/mol. The predicted molar refractivity (Wildman–Crippen MR) is 52.8 cm³/mol. The largest absolute Gasteiger partial charge is 0.451 e. The molecule has 1 aromatic heterocycles. The van der Waals surface area contributed by atoms with Gasteiger partial charge in [0, 0.05) is 6.04 Å². The third-order valence-electron chi connectivity index (χ3n) is 2.19. The fourth-order valence-corrected chi connectivity index (χ4v) is 0.907. The van der Waals surface area contributed by atoms with E-state index in [2.05, 4.69) is 15.4 Å². The SMILES string of the molecule is CC(N)C(C)C(=O)Nc1n[nH]c(C(F)(F)F)n1. The third-order valence-corrected chi connectivity index (χ3v) is 2.19. The lowest BCUT2D eigenvalue weighted by molar-refractivity contribution is -0.144. The molecule has 2 unspecified atom stereocenters. The van der Waals surface area contributed by atoms with Crippen LogP contribution >= 0.6 is 0 Å². The van der Waals surface area contributed by atoms with Crippen molar-refractivity contribution in [3.8, 4) is 0 Å². The molecule has 96 valence electrons. The fraction of sp³-hybridized carbons (Fsp3) is 0.625. The summed E-state index contributed by atoms with van der Waals surface area (Å²) in [5, 5.41) is 7.07. The van der Waals surface area contributed by atoms with Gasteiger partial charge in [0.25, 0.3) is 0 Å². The van der Waals surface area contributed by atoms with Crippen molar-refractivity contribution in [2.45, 2.75) is 26.1 Å². The van der Waals surface area contributed by atoms with Gasteiger partial charge in [-0.1, -0.05) is 6.92 Å². The van der Waals surface area contributed by atoms with Crippen molar-refractivity contribution in [3.63, 3.8) is 0 Å². The van der Waals surface area contributed by atoms with Crippen LogP contribution in [0.3, 0.4) is 0 Å². The summed E-state index contributed by atoms with van der Waals surface area (Å²) in [4.78, 5) is 14.5. The molecule has 0 aliphatic heterocycles. The number of anilines is 1. The molecule has 0 saturated carbocycles. The number of hydrogen-bond acceptors (Lipinski definition) is 4. The number of nitrogens with zero attached hydrogens (tertiary/aromatic N) is 2. The van der Waals surface area contributed by atoms with Gasteiger partial charge in [-0.05, 0) is 6.92 Å². The molecule has 1 aromatic rings. The number of nitrogens with two attached hydrogens (primary N) is 1. The summed E-state index contributed by atoms with van der Waals surface area (Å²) in [7, 11) is 0. The van der Waals surface area contributed by atoms with Crippen LogP contribution in [0.15, 0.2) is 0 Å². The highest BCUT2D eigenvalue weighted by Crippen LogP contribution is 2.26. The molecule has 0 aliphatic rings. The molecule has 0 aromatic carbocycles. The van der Waals surface area contributed by atoms with Crippen molar-refractivity contribution in [1.29, 1.82) is 0 Å². The van der Waals surface area contributed by atoms with E-state index in [1.807, 2.05) is 0 Å². The van der Waals surface area contributed by atoms with Gasteiger partial charge in [-0.25, -0.2) is 0 Å². The Morgan fingerprint density at radius 2 is 2.06 bits per heavy atom. The monoisotopic (exact) mass is 251 g/mol. The number of hydrogen-bond donors (Lipinski definition) is 3. The molecule has 9 heteroatoms. The zero-order valence-electron chi connectivity index (χ0n) is 9.17. The molecule has 4 N–H and O–H groups in total. The highest BCUT2D eigenvalue weighted by atomic mass is 19.4. The van der Waals surface area contributed by atoms with Crippen LogP contribution in [0.1, 0.15) is 19.7 Å². The summed E-state index contributed by atoms with van der Waals surface area (Å²) in [6.45, 7) is 3.17. The Morgan fingerprint density at radius 1 is 1.47 bits per heavy atom. The lowest BCUT2D eigenvalue weighted by atomic mass is 10.0. The van der Waals surface area contributed by atoms with Gasteiger partial charge in [-0.15, -0.1) is 5.10 Å². The summed E-state index contributed by atoms with van der Waals surface area (Å²) in [5.41, 5.74) is 5.48. The minimum atomic E-state index is -4.62. The number of aromatic amines is 1. The van der Waals surface area contributed by atoms with Crippen LogP contribution in [0.5, 0.6) is 0 Å². The standard InChI is InChI=1S/C8H12F3N5O/c1-3(4(2)12)5(17)13-7-14-6(15-16-7)8(9,10)11/h3-4H,12H2,1-2H3,(H2,13,14,15,16,17).